The van der Waals surface area contributed by atoms with Gasteiger partial charge in [0, 0.05) is 29.0 Å². The highest BCUT2D eigenvalue weighted by atomic mass is 32.1. The summed E-state index contributed by atoms with van der Waals surface area (Å²) in [4.78, 5) is 3.60. The summed E-state index contributed by atoms with van der Waals surface area (Å²) in [5.74, 6) is 0. The van der Waals surface area contributed by atoms with Gasteiger partial charge in [-0.05, 0) is 23.8 Å². The number of benzene rings is 1. The van der Waals surface area contributed by atoms with Crippen molar-refractivity contribution >= 4 is 17.0 Å². The Morgan fingerprint density at radius 3 is 2.58 bits per heavy atom. The molecule has 1 aliphatic rings. The van der Waals surface area contributed by atoms with Crippen molar-refractivity contribution in [1.29, 1.82) is 5.26 Å². The maximum absolute atomic E-state index is 8.81. The minimum atomic E-state index is 0.703. The first-order chi connectivity index (χ1) is 9.36. The summed E-state index contributed by atoms with van der Waals surface area (Å²) in [5.41, 5.74) is 3.14. The van der Waals surface area contributed by atoms with Gasteiger partial charge in [0.25, 0.3) is 0 Å². The molecule has 3 nitrogen and oxygen atoms in total. The van der Waals surface area contributed by atoms with E-state index < -0.39 is 0 Å². The number of nitrogens with zero attached hydrogens (tertiary/aromatic N) is 2. The zero-order valence-corrected chi connectivity index (χ0v) is 11.3. The maximum atomic E-state index is 8.81. The van der Waals surface area contributed by atoms with Crippen LogP contribution in [0.5, 0.6) is 0 Å². The monoisotopic (exact) mass is 270 g/mol. The van der Waals surface area contributed by atoms with E-state index in [1.165, 1.54) is 16.1 Å². The molecule has 19 heavy (non-hydrogen) atoms. The van der Waals surface area contributed by atoms with Crippen molar-refractivity contribution in [2.24, 2.45) is 0 Å². The first-order valence-corrected chi connectivity index (χ1v) is 7.16. The Kier molecular flexibility index (Phi) is 3.49. The van der Waals surface area contributed by atoms with Crippen molar-refractivity contribution < 1.29 is 4.74 Å². The van der Waals surface area contributed by atoms with Gasteiger partial charge in [0.05, 0.1) is 24.8 Å². The summed E-state index contributed by atoms with van der Waals surface area (Å²) >= 11 is 1.74. The molecule has 1 aromatic carbocycles. The Labute approximate surface area is 116 Å². The smallest absolute Gasteiger partial charge is 0.0991 e. The SMILES string of the molecule is N#Cc1ccc(-c2cc(N3CCOCC3)cs2)cc1. The van der Waals surface area contributed by atoms with Gasteiger partial charge in [0.1, 0.15) is 0 Å². The molecule has 96 valence electrons. The number of hydrogen-bond donors (Lipinski definition) is 0. The minimum Gasteiger partial charge on any atom is -0.378 e. The van der Waals surface area contributed by atoms with Gasteiger partial charge in [-0.2, -0.15) is 5.26 Å². The van der Waals surface area contributed by atoms with Crippen LogP contribution in [-0.2, 0) is 4.74 Å². The van der Waals surface area contributed by atoms with Crippen LogP contribution in [-0.4, -0.2) is 26.3 Å². The fourth-order valence-corrected chi connectivity index (χ4v) is 3.10. The third kappa shape index (κ3) is 2.62. The van der Waals surface area contributed by atoms with E-state index >= 15 is 0 Å². The van der Waals surface area contributed by atoms with Crippen LogP contribution in [0.25, 0.3) is 10.4 Å². The number of ether oxygens (including phenoxy) is 1. The topological polar surface area (TPSA) is 36.3 Å². The molecule has 0 saturated carbocycles. The summed E-state index contributed by atoms with van der Waals surface area (Å²) in [5, 5.41) is 11.0. The number of anilines is 1. The van der Waals surface area contributed by atoms with Crippen LogP contribution >= 0.6 is 11.3 Å². The van der Waals surface area contributed by atoms with Gasteiger partial charge in [-0.1, -0.05) is 12.1 Å². The average molecular weight is 270 g/mol. The lowest BCUT2D eigenvalue weighted by Gasteiger charge is -2.27. The number of nitriles is 1. The van der Waals surface area contributed by atoms with Crippen molar-refractivity contribution in [3.63, 3.8) is 0 Å². The molecule has 3 rings (SSSR count). The van der Waals surface area contributed by atoms with Crippen LogP contribution < -0.4 is 4.90 Å². The molecule has 2 heterocycles. The number of thiophene rings is 1. The van der Waals surface area contributed by atoms with Crippen LogP contribution in [0, 0.1) is 11.3 Å². The van der Waals surface area contributed by atoms with E-state index in [1.54, 1.807) is 11.3 Å². The lowest BCUT2D eigenvalue weighted by Crippen LogP contribution is -2.35. The molecule has 1 fully saturated rings. The number of hydrogen-bond acceptors (Lipinski definition) is 4. The minimum absolute atomic E-state index is 0.703. The van der Waals surface area contributed by atoms with Gasteiger partial charge in [0.2, 0.25) is 0 Å². The molecule has 1 saturated heterocycles. The molecule has 0 bridgehead atoms. The Balaban J connectivity index is 1.81. The summed E-state index contributed by atoms with van der Waals surface area (Å²) in [6.45, 7) is 3.54. The molecule has 0 atom stereocenters. The summed E-state index contributed by atoms with van der Waals surface area (Å²) in [6.07, 6.45) is 0. The van der Waals surface area contributed by atoms with E-state index in [1.807, 2.05) is 24.3 Å². The fourth-order valence-electron chi connectivity index (χ4n) is 2.17. The average Bonchev–Trinajstić information content (AvgIpc) is 2.98. The van der Waals surface area contributed by atoms with Crippen LogP contribution in [0.1, 0.15) is 5.56 Å². The predicted octanol–water partition coefficient (Wildman–Crippen LogP) is 3.12. The molecule has 0 spiro atoms. The lowest BCUT2D eigenvalue weighted by atomic mass is 10.1. The highest BCUT2D eigenvalue weighted by molar-refractivity contribution is 7.14. The molecular formula is C15H14N2OS. The quantitative estimate of drug-likeness (QED) is 0.841. The van der Waals surface area contributed by atoms with Crippen LogP contribution in [0.3, 0.4) is 0 Å². The van der Waals surface area contributed by atoms with Gasteiger partial charge >= 0.3 is 0 Å². The Morgan fingerprint density at radius 2 is 1.89 bits per heavy atom. The summed E-state index contributed by atoms with van der Waals surface area (Å²) < 4.78 is 5.37. The molecular weight excluding hydrogens is 256 g/mol. The Morgan fingerprint density at radius 1 is 1.16 bits per heavy atom. The van der Waals surface area contributed by atoms with Crippen LogP contribution in [0.4, 0.5) is 5.69 Å². The van der Waals surface area contributed by atoms with Gasteiger partial charge in [-0.15, -0.1) is 11.3 Å². The van der Waals surface area contributed by atoms with Gasteiger partial charge in [0.15, 0.2) is 0 Å². The second-order valence-corrected chi connectivity index (χ2v) is 5.37. The van der Waals surface area contributed by atoms with E-state index in [2.05, 4.69) is 22.4 Å². The molecule has 0 amide bonds. The van der Waals surface area contributed by atoms with Crippen molar-refractivity contribution in [2.45, 2.75) is 0 Å². The van der Waals surface area contributed by atoms with E-state index in [0.717, 1.165) is 26.3 Å². The molecule has 2 aromatic rings. The molecule has 4 heteroatoms. The van der Waals surface area contributed by atoms with E-state index in [0.29, 0.717) is 5.56 Å². The van der Waals surface area contributed by atoms with Crippen LogP contribution in [0.15, 0.2) is 35.7 Å². The van der Waals surface area contributed by atoms with Gasteiger partial charge in [-0.3, -0.25) is 0 Å². The first-order valence-electron chi connectivity index (χ1n) is 6.28. The Hall–Kier alpha value is -1.83. The maximum Gasteiger partial charge on any atom is 0.0991 e. The molecule has 0 N–H and O–H groups in total. The van der Waals surface area contributed by atoms with Gasteiger partial charge in [-0.25, -0.2) is 0 Å². The molecule has 0 radical (unpaired) electrons. The molecule has 0 aliphatic carbocycles. The van der Waals surface area contributed by atoms with E-state index in [9.17, 15) is 0 Å². The highest BCUT2D eigenvalue weighted by Gasteiger charge is 2.13. The van der Waals surface area contributed by atoms with E-state index in [4.69, 9.17) is 10.00 Å². The highest BCUT2D eigenvalue weighted by Crippen LogP contribution is 2.32. The molecule has 1 aromatic heterocycles. The zero-order chi connectivity index (χ0) is 13.1. The van der Waals surface area contributed by atoms with Crippen molar-refractivity contribution in [3.8, 4) is 16.5 Å². The van der Waals surface area contributed by atoms with E-state index in [-0.39, 0.29) is 0 Å². The van der Waals surface area contributed by atoms with Crippen molar-refractivity contribution in [2.75, 3.05) is 31.2 Å². The van der Waals surface area contributed by atoms with Crippen molar-refractivity contribution in [1.82, 2.24) is 0 Å². The molecule has 0 unspecified atom stereocenters. The van der Waals surface area contributed by atoms with Crippen molar-refractivity contribution in [3.05, 3.63) is 41.3 Å². The van der Waals surface area contributed by atoms with Crippen LogP contribution in [0.2, 0.25) is 0 Å². The third-order valence-electron chi connectivity index (χ3n) is 3.26. The third-order valence-corrected chi connectivity index (χ3v) is 4.23. The van der Waals surface area contributed by atoms with Gasteiger partial charge < -0.3 is 9.64 Å². The predicted molar refractivity (Wildman–Crippen MR) is 77.5 cm³/mol. The second kappa shape index (κ2) is 5.43. The normalized spacial score (nSPS) is 15.2. The standard InChI is InChI=1S/C15H14N2OS/c16-10-12-1-3-13(4-2-12)15-9-14(11-19-15)17-5-7-18-8-6-17/h1-4,9,11H,5-8H2. The lowest BCUT2D eigenvalue weighted by molar-refractivity contribution is 0.123. The zero-order valence-electron chi connectivity index (χ0n) is 10.5. The second-order valence-electron chi connectivity index (χ2n) is 4.46. The number of morpholine rings is 1. The largest absolute Gasteiger partial charge is 0.378 e. The Bertz CT molecular complexity index is 591. The summed E-state index contributed by atoms with van der Waals surface area (Å²) in [7, 11) is 0. The first kappa shape index (κ1) is 12.2. The number of rotatable bonds is 2. The fraction of sp³-hybridized carbons (Fsp3) is 0.267. The summed E-state index contributed by atoms with van der Waals surface area (Å²) in [6, 6.07) is 12.1. The molecule has 1 aliphatic heterocycles.